The third-order valence-corrected chi connectivity index (χ3v) is 4.46. The van der Waals surface area contributed by atoms with Gasteiger partial charge in [0.15, 0.2) is 5.78 Å². The lowest BCUT2D eigenvalue weighted by molar-refractivity contribution is -0.122. The van der Waals surface area contributed by atoms with Gasteiger partial charge >= 0.3 is 0 Å². The van der Waals surface area contributed by atoms with E-state index in [0.29, 0.717) is 0 Å². The number of ketones is 1. The largest absolute Gasteiger partial charge is 0.496 e. The van der Waals surface area contributed by atoms with E-state index in [1.807, 2.05) is 0 Å². The molecule has 24 heavy (non-hydrogen) atoms. The van der Waals surface area contributed by atoms with Crippen LogP contribution in [0.5, 0.6) is 5.75 Å². The Kier molecular flexibility index (Phi) is 5.89. The van der Waals surface area contributed by atoms with Crippen molar-refractivity contribution in [3.63, 3.8) is 0 Å². The molecule has 4 heteroatoms. The molecule has 0 aliphatic heterocycles. The van der Waals surface area contributed by atoms with Crippen molar-refractivity contribution in [2.75, 3.05) is 13.7 Å². The molecule has 0 aliphatic carbocycles. The molecule has 0 fully saturated rings. The van der Waals surface area contributed by atoms with Crippen LogP contribution < -0.4 is 16.2 Å². The summed E-state index contributed by atoms with van der Waals surface area (Å²) in [6, 6.07) is 4.26. The molecule has 136 valence electrons. The fourth-order valence-electron chi connectivity index (χ4n) is 2.54. The van der Waals surface area contributed by atoms with E-state index in [9.17, 15) is 4.79 Å². The minimum atomic E-state index is -1.02. The van der Waals surface area contributed by atoms with Gasteiger partial charge in [0, 0.05) is 24.1 Å². The van der Waals surface area contributed by atoms with Crippen LogP contribution in [0.25, 0.3) is 0 Å². The van der Waals surface area contributed by atoms with Crippen LogP contribution in [0.2, 0.25) is 0 Å². The summed E-state index contributed by atoms with van der Waals surface area (Å²) < 4.78 is 5.69. The lowest BCUT2D eigenvalue weighted by atomic mass is 9.78. The Labute approximate surface area is 146 Å². The molecule has 1 atom stereocenters. The maximum atomic E-state index is 12.6. The number of benzene rings is 1. The van der Waals surface area contributed by atoms with Crippen LogP contribution >= 0.6 is 0 Å². The van der Waals surface area contributed by atoms with Crippen molar-refractivity contribution in [3.8, 4) is 5.75 Å². The zero-order valence-electron chi connectivity index (χ0n) is 16.5. The Balaban J connectivity index is 3.55. The van der Waals surface area contributed by atoms with E-state index in [4.69, 9.17) is 16.2 Å². The Bertz CT molecular complexity index is 605. The Morgan fingerprint density at radius 2 is 1.58 bits per heavy atom. The first kappa shape index (κ1) is 20.7. The normalized spacial score (nSPS) is 15.1. The standard InChI is InChI=1S/C20H34N2O2/c1-18(2,3)14-9-13(10-16(23)20(7,22)12-21)17(24-8)15(11-14)19(4,5)6/h9,11H,10,12,21-22H2,1-8H3. The monoisotopic (exact) mass is 334 g/mol. The van der Waals surface area contributed by atoms with Crippen LogP contribution in [0.1, 0.15) is 65.2 Å². The number of ether oxygens (including phenoxy) is 1. The average Bonchev–Trinajstić information content (AvgIpc) is 2.44. The van der Waals surface area contributed by atoms with E-state index in [1.165, 1.54) is 5.56 Å². The van der Waals surface area contributed by atoms with Crippen molar-refractivity contribution in [2.24, 2.45) is 11.5 Å². The lowest BCUT2D eigenvalue weighted by Crippen LogP contribution is -2.51. The van der Waals surface area contributed by atoms with E-state index in [0.717, 1.165) is 16.9 Å². The molecule has 0 aliphatic rings. The number of hydrogen-bond acceptors (Lipinski definition) is 4. The summed E-state index contributed by atoms with van der Waals surface area (Å²) in [6.07, 6.45) is 0.223. The first-order chi connectivity index (χ1) is 10.7. The van der Waals surface area contributed by atoms with Gasteiger partial charge in [-0.25, -0.2) is 0 Å². The maximum absolute atomic E-state index is 12.6. The van der Waals surface area contributed by atoms with Crippen molar-refractivity contribution in [1.82, 2.24) is 0 Å². The van der Waals surface area contributed by atoms with Gasteiger partial charge in [-0.3, -0.25) is 4.79 Å². The van der Waals surface area contributed by atoms with Gasteiger partial charge in [0.1, 0.15) is 5.75 Å². The molecule has 0 radical (unpaired) electrons. The Morgan fingerprint density at radius 3 is 1.96 bits per heavy atom. The second-order valence-corrected chi connectivity index (χ2v) is 8.94. The molecule has 1 rings (SSSR count). The number of nitrogens with two attached hydrogens (primary N) is 2. The number of carbonyl (C=O) groups excluding carboxylic acids is 1. The molecule has 0 spiro atoms. The van der Waals surface area contributed by atoms with Crippen LogP contribution in [0.3, 0.4) is 0 Å². The van der Waals surface area contributed by atoms with E-state index in [1.54, 1.807) is 14.0 Å². The predicted octanol–water partition coefficient (Wildman–Crippen LogP) is 3.08. The highest BCUT2D eigenvalue weighted by Crippen LogP contribution is 2.38. The minimum Gasteiger partial charge on any atom is -0.496 e. The van der Waals surface area contributed by atoms with Crippen LogP contribution in [-0.2, 0) is 22.0 Å². The first-order valence-electron chi connectivity index (χ1n) is 8.48. The molecule has 1 aromatic rings. The van der Waals surface area contributed by atoms with Gasteiger partial charge in [-0.15, -0.1) is 0 Å². The van der Waals surface area contributed by atoms with E-state index >= 15 is 0 Å². The first-order valence-corrected chi connectivity index (χ1v) is 8.48. The zero-order chi connectivity index (χ0) is 18.9. The summed E-state index contributed by atoms with van der Waals surface area (Å²) in [4.78, 5) is 12.6. The van der Waals surface area contributed by atoms with Crippen LogP contribution in [0.15, 0.2) is 12.1 Å². The molecule has 0 amide bonds. The topological polar surface area (TPSA) is 78.3 Å². The van der Waals surface area contributed by atoms with Crippen molar-refractivity contribution in [2.45, 2.75) is 71.3 Å². The van der Waals surface area contributed by atoms with Crippen LogP contribution in [0.4, 0.5) is 0 Å². The summed E-state index contributed by atoms with van der Waals surface area (Å²) in [5.74, 6) is 0.700. The Morgan fingerprint density at radius 1 is 1.04 bits per heavy atom. The van der Waals surface area contributed by atoms with Gasteiger partial charge in [0.05, 0.1) is 12.6 Å². The van der Waals surface area contributed by atoms with Gasteiger partial charge < -0.3 is 16.2 Å². The molecule has 0 aromatic heterocycles. The second-order valence-electron chi connectivity index (χ2n) is 8.94. The van der Waals surface area contributed by atoms with Gasteiger partial charge in [-0.05, 0) is 23.3 Å². The SMILES string of the molecule is COc1c(CC(=O)C(C)(N)CN)cc(C(C)(C)C)cc1C(C)(C)C. The summed E-state index contributed by atoms with van der Waals surface area (Å²) >= 11 is 0. The van der Waals surface area contributed by atoms with Crippen LogP contribution in [-0.4, -0.2) is 25.0 Å². The maximum Gasteiger partial charge on any atom is 0.158 e. The number of methoxy groups -OCH3 is 1. The smallest absolute Gasteiger partial charge is 0.158 e. The lowest BCUT2D eigenvalue weighted by Gasteiger charge is -2.29. The molecule has 4 N–H and O–H groups in total. The highest BCUT2D eigenvalue weighted by atomic mass is 16.5. The summed E-state index contributed by atoms with van der Waals surface area (Å²) in [6.45, 7) is 14.8. The summed E-state index contributed by atoms with van der Waals surface area (Å²) in [7, 11) is 1.65. The molecule has 1 aromatic carbocycles. The van der Waals surface area contributed by atoms with E-state index < -0.39 is 5.54 Å². The number of carbonyl (C=O) groups is 1. The van der Waals surface area contributed by atoms with Crippen molar-refractivity contribution in [3.05, 3.63) is 28.8 Å². The van der Waals surface area contributed by atoms with Crippen molar-refractivity contribution < 1.29 is 9.53 Å². The van der Waals surface area contributed by atoms with Crippen molar-refractivity contribution in [1.29, 1.82) is 0 Å². The number of Topliss-reactive ketones (excluding diaryl/α,β-unsaturated/α-hetero) is 1. The molecule has 0 saturated carbocycles. The van der Waals surface area contributed by atoms with E-state index in [-0.39, 0.29) is 29.6 Å². The third kappa shape index (κ3) is 4.58. The molecular formula is C20H34N2O2. The van der Waals surface area contributed by atoms with Crippen LogP contribution in [0, 0.1) is 0 Å². The zero-order valence-corrected chi connectivity index (χ0v) is 16.5. The van der Waals surface area contributed by atoms with E-state index in [2.05, 4.69) is 53.7 Å². The molecule has 0 saturated heterocycles. The third-order valence-electron chi connectivity index (χ3n) is 4.46. The second kappa shape index (κ2) is 6.85. The molecule has 0 heterocycles. The molecular weight excluding hydrogens is 300 g/mol. The number of hydrogen-bond donors (Lipinski definition) is 2. The number of rotatable bonds is 5. The van der Waals surface area contributed by atoms with Gasteiger partial charge in [-0.2, -0.15) is 0 Å². The quantitative estimate of drug-likeness (QED) is 0.867. The fourth-order valence-corrected chi connectivity index (χ4v) is 2.54. The molecule has 4 nitrogen and oxygen atoms in total. The van der Waals surface area contributed by atoms with Gasteiger partial charge in [-0.1, -0.05) is 53.7 Å². The fraction of sp³-hybridized carbons (Fsp3) is 0.650. The highest BCUT2D eigenvalue weighted by Gasteiger charge is 2.30. The van der Waals surface area contributed by atoms with Gasteiger partial charge in [0.2, 0.25) is 0 Å². The minimum absolute atomic E-state index is 0.0239. The molecule has 1 unspecified atom stereocenters. The molecule has 0 bridgehead atoms. The van der Waals surface area contributed by atoms with Crippen molar-refractivity contribution >= 4 is 5.78 Å². The van der Waals surface area contributed by atoms with Gasteiger partial charge in [0.25, 0.3) is 0 Å². The average molecular weight is 335 g/mol. The predicted molar refractivity (Wildman–Crippen MR) is 101 cm³/mol. The highest BCUT2D eigenvalue weighted by molar-refractivity contribution is 5.90. The summed E-state index contributed by atoms with van der Waals surface area (Å²) in [5, 5.41) is 0. The summed E-state index contributed by atoms with van der Waals surface area (Å²) in [5.41, 5.74) is 13.7. The Hall–Kier alpha value is -1.39.